The van der Waals surface area contributed by atoms with Crippen LogP contribution < -0.4 is 5.32 Å². The zero-order valence-corrected chi connectivity index (χ0v) is 12.3. The number of furan rings is 1. The van der Waals surface area contributed by atoms with Crippen molar-refractivity contribution in [2.24, 2.45) is 0 Å². The lowest BCUT2D eigenvalue weighted by Gasteiger charge is -2.33. The predicted octanol–water partition coefficient (Wildman–Crippen LogP) is 1.44. The van der Waals surface area contributed by atoms with Gasteiger partial charge in [0.1, 0.15) is 12.4 Å². The molecule has 5 heteroatoms. The Balaban J connectivity index is 1.70. The molecule has 1 fully saturated rings. The summed E-state index contributed by atoms with van der Waals surface area (Å²) in [5.41, 5.74) is 0. The number of piperidine rings is 1. The summed E-state index contributed by atoms with van der Waals surface area (Å²) in [5.74, 6) is 1.10. The fraction of sp³-hybridized carbons (Fsp3) is 0.667. The quantitative estimate of drug-likeness (QED) is 0.856. The molecule has 1 unspecified atom stereocenters. The molecule has 0 saturated carbocycles. The number of nitrogens with one attached hydrogen (secondary N) is 1. The van der Waals surface area contributed by atoms with Crippen LogP contribution in [-0.2, 0) is 16.0 Å². The minimum atomic E-state index is 0.0922. The van der Waals surface area contributed by atoms with Crippen LogP contribution in [0.3, 0.4) is 0 Å². The van der Waals surface area contributed by atoms with Gasteiger partial charge in [-0.1, -0.05) is 0 Å². The van der Waals surface area contributed by atoms with Crippen molar-refractivity contribution in [3.63, 3.8) is 0 Å². The highest BCUT2D eigenvalue weighted by molar-refractivity contribution is 5.77. The number of amides is 1. The van der Waals surface area contributed by atoms with Gasteiger partial charge in [0.25, 0.3) is 0 Å². The third kappa shape index (κ3) is 4.35. The number of likely N-dealkylation sites (tertiary alicyclic amines) is 1. The SMILES string of the molecule is COCC(=O)N1CCC(NC(C)Cc2ccco2)CC1. The van der Waals surface area contributed by atoms with E-state index in [1.54, 1.807) is 13.4 Å². The standard InChI is InChI=1S/C15H24N2O3/c1-12(10-14-4-3-9-20-14)16-13-5-7-17(8-6-13)15(18)11-19-2/h3-4,9,12-13,16H,5-8,10-11H2,1-2H3. The molecule has 0 radical (unpaired) electrons. The lowest BCUT2D eigenvalue weighted by atomic mass is 10.0. The lowest BCUT2D eigenvalue weighted by Crippen LogP contribution is -2.48. The molecule has 1 aromatic heterocycles. The Hall–Kier alpha value is -1.33. The summed E-state index contributed by atoms with van der Waals surface area (Å²) < 4.78 is 10.3. The molecule has 2 rings (SSSR count). The summed E-state index contributed by atoms with van der Waals surface area (Å²) in [6.07, 6.45) is 4.60. The van der Waals surface area contributed by atoms with Crippen molar-refractivity contribution < 1.29 is 13.9 Å². The second-order valence-electron chi connectivity index (χ2n) is 5.44. The molecule has 1 aliphatic rings. The van der Waals surface area contributed by atoms with Gasteiger partial charge in [-0.25, -0.2) is 0 Å². The number of ether oxygens (including phenoxy) is 1. The summed E-state index contributed by atoms with van der Waals surface area (Å²) in [7, 11) is 1.56. The van der Waals surface area contributed by atoms with Crippen molar-refractivity contribution in [3.05, 3.63) is 24.2 Å². The van der Waals surface area contributed by atoms with E-state index < -0.39 is 0 Å². The highest BCUT2D eigenvalue weighted by Crippen LogP contribution is 2.12. The van der Waals surface area contributed by atoms with Crippen LogP contribution in [-0.4, -0.2) is 49.7 Å². The van der Waals surface area contributed by atoms with E-state index in [9.17, 15) is 4.79 Å². The Morgan fingerprint density at radius 3 is 2.90 bits per heavy atom. The third-order valence-electron chi connectivity index (χ3n) is 3.72. The monoisotopic (exact) mass is 280 g/mol. The molecular weight excluding hydrogens is 256 g/mol. The summed E-state index contributed by atoms with van der Waals surface area (Å²) >= 11 is 0. The maximum absolute atomic E-state index is 11.7. The molecule has 112 valence electrons. The maximum atomic E-state index is 11.7. The number of rotatable bonds is 6. The fourth-order valence-corrected chi connectivity index (χ4v) is 2.70. The molecule has 1 N–H and O–H groups in total. The molecule has 0 aromatic carbocycles. The predicted molar refractivity (Wildman–Crippen MR) is 76.5 cm³/mol. The van der Waals surface area contributed by atoms with Gasteiger partial charge in [-0.15, -0.1) is 0 Å². The first-order chi connectivity index (χ1) is 9.69. The average molecular weight is 280 g/mol. The van der Waals surface area contributed by atoms with Crippen molar-refractivity contribution in [3.8, 4) is 0 Å². The normalized spacial score (nSPS) is 18.2. The number of carbonyl (C=O) groups is 1. The van der Waals surface area contributed by atoms with Crippen LogP contribution in [0, 0.1) is 0 Å². The Morgan fingerprint density at radius 1 is 1.55 bits per heavy atom. The van der Waals surface area contributed by atoms with E-state index in [0.717, 1.165) is 38.1 Å². The van der Waals surface area contributed by atoms with Gasteiger partial charge < -0.3 is 19.4 Å². The van der Waals surface area contributed by atoms with Crippen LogP contribution in [0.1, 0.15) is 25.5 Å². The molecular formula is C15H24N2O3. The van der Waals surface area contributed by atoms with Gasteiger partial charge in [0.05, 0.1) is 6.26 Å². The van der Waals surface area contributed by atoms with Crippen LogP contribution in [0.25, 0.3) is 0 Å². The molecule has 1 aliphatic heterocycles. The highest BCUT2D eigenvalue weighted by Gasteiger charge is 2.23. The smallest absolute Gasteiger partial charge is 0.248 e. The number of nitrogens with zero attached hydrogens (tertiary/aromatic N) is 1. The first-order valence-corrected chi connectivity index (χ1v) is 7.24. The molecule has 20 heavy (non-hydrogen) atoms. The van der Waals surface area contributed by atoms with Gasteiger partial charge in [-0.2, -0.15) is 0 Å². The van der Waals surface area contributed by atoms with Gasteiger partial charge in [0.15, 0.2) is 0 Å². The molecule has 0 spiro atoms. The van der Waals surface area contributed by atoms with Gasteiger partial charge in [-0.3, -0.25) is 4.79 Å². The van der Waals surface area contributed by atoms with E-state index >= 15 is 0 Å². The highest BCUT2D eigenvalue weighted by atomic mass is 16.5. The van der Waals surface area contributed by atoms with E-state index in [-0.39, 0.29) is 12.5 Å². The molecule has 1 atom stereocenters. The Morgan fingerprint density at radius 2 is 2.30 bits per heavy atom. The molecule has 0 aliphatic carbocycles. The number of hydrogen-bond acceptors (Lipinski definition) is 4. The minimum absolute atomic E-state index is 0.0922. The number of hydrogen-bond donors (Lipinski definition) is 1. The Labute approximate surface area is 120 Å². The van der Waals surface area contributed by atoms with Gasteiger partial charge in [0, 0.05) is 38.7 Å². The largest absolute Gasteiger partial charge is 0.469 e. The molecule has 1 aromatic rings. The minimum Gasteiger partial charge on any atom is -0.469 e. The molecule has 1 amide bonds. The molecule has 2 heterocycles. The van der Waals surface area contributed by atoms with Crippen molar-refractivity contribution in [2.75, 3.05) is 26.8 Å². The van der Waals surface area contributed by atoms with E-state index in [1.165, 1.54) is 0 Å². The average Bonchev–Trinajstić information content (AvgIpc) is 2.92. The summed E-state index contributed by atoms with van der Waals surface area (Å²) in [6.45, 7) is 3.98. The van der Waals surface area contributed by atoms with Crippen molar-refractivity contribution >= 4 is 5.91 Å². The van der Waals surface area contributed by atoms with E-state index in [2.05, 4.69) is 12.2 Å². The second-order valence-corrected chi connectivity index (χ2v) is 5.44. The van der Waals surface area contributed by atoms with Crippen LogP contribution in [0.4, 0.5) is 0 Å². The topological polar surface area (TPSA) is 54.7 Å². The Bertz CT molecular complexity index is 397. The third-order valence-corrected chi connectivity index (χ3v) is 3.72. The van der Waals surface area contributed by atoms with Gasteiger partial charge in [0.2, 0.25) is 5.91 Å². The van der Waals surface area contributed by atoms with Gasteiger partial charge >= 0.3 is 0 Å². The molecule has 0 bridgehead atoms. The van der Waals surface area contributed by atoms with Crippen molar-refractivity contribution in [1.29, 1.82) is 0 Å². The summed E-state index contributed by atoms with van der Waals surface area (Å²) in [6, 6.07) is 4.78. The van der Waals surface area contributed by atoms with Crippen LogP contribution in [0.5, 0.6) is 0 Å². The fourth-order valence-electron chi connectivity index (χ4n) is 2.70. The summed E-state index contributed by atoms with van der Waals surface area (Å²) in [5, 5.41) is 3.62. The first kappa shape index (κ1) is 15.1. The lowest BCUT2D eigenvalue weighted by molar-refractivity contribution is -0.136. The van der Waals surface area contributed by atoms with Crippen LogP contribution >= 0.6 is 0 Å². The summed E-state index contributed by atoms with van der Waals surface area (Å²) in [4.78, 5) is 13.6. The first-order valence-electron chi connectivity index (χ1n) is 7.24. The molecule has 5 nitrogen and oxygen atoms in total. The Kier molecular flexibility index (Phi) is 5.61. The van der Waals surface area contributed by atoms with Crippen molar-refractivity contribution in [2.45, 2.75) is 38.3 Å². The zero-order valence-electron chi connectivity index (χ0n) is 12.3. The van der Waals surface area contributed by atoms with E-state index in [0.29, 0.717) is 12.1 Å². The number of methoxy groups -OCH3 is 1. The van der Waals surface area contributed by atoms with Crippen molar-refractivity contribution in [1.82, 2.24) is 10.2 Å². The van der Waals surface area contributed by atoms with Crippen LogP contribution in [0.15, 0.2) is 22.8 Å². The molecule has 1 saturated heterocycles. The second kappa shape index (κ2) is 7.45. The van der Waals surface area contributed by atoms with Gasteiger partial charge in [-0.05, 0) is 31.9 Å². The van der Waals surface area contributed by atoms with E-state index in [1.807, 2.05) is 17.0 Å². The van der Waals surface area contributed by atoms with E-state index in [4.69, 9.17) is 9.15 Å². The maximum Gasteiger partial charge on any atom is 0.248 e. The van der Waals surface area contributed by atoms with Crippen LogP contribution in [0.2, 0.25) is 0 Å². The number of carbonyl (C=O) groups excluding carboxylic acids is 1. The zero-order chi connectivity index (χ0) is 14.4.